The fourth-order valence-electron chi connectivity index (χ4n) is 2.80. The predicted octanol–water partition coefficient (Wildman–Crippen LogP) is 2.85. The first-order chi connectivity index (χ1) is 11.2. The molecule has 0 N–H and O–H groups in total. The second-order valence-electron chi connectivity index (χ2n) is 5.82. The number of carbonyl (C=O) groups is 1. The van der Waals surface area contributed by atoms with Crippen molar-refractivity contribution < 1.29 is 14.3 Å². The van der Waals surface area contributed by atoms with E-state index in [0.717, 1.165) is 18.5 Å². The Morgan fingerprint density at radius 1 is 1.22 bits per heavy atom. The Morgan fingerprint density at radius 3 is 2.57 bits per heavy atom. The van der Waals surface area contributed by atoms with Gasteiger partial charge in [-0.25, -0.2) is 0 Å². The first kappa shape index (κ1) is 15.5. The number of rotatable bonds is 6. The van der Waals surface area contributed by atoms with Crippen molar-refractivity contribution in [3.05, 3.63) is 47.8 Å². The van der Waals surface area contributed by atoms with Crippen LogP contribution >= 0.6 is 0 Å². The Bertz CT molecular complexity index is 704. The lowest BCUT2D eigenvalue weighted by atomic mass is 10.1. The summed E-state index contributed by atoms with van der Waals surface area (Å²) in [4.78, 5) is 15.0. The van der Waals surface area contributed by atoms with Gasteiger partial charge in [0.2, 0.25) is 0 Å². The van der Waals surface area contributed by atoms with Crippen LogP contribution in [0.25, 0.3) is 0 Å². The standard InChI is InChI=1S/C18H22N2O3/c1-19-11-5-6-14(19)12-20(13-9-10-13)18(21)15-7-4-8-16(22-2)17(15)23-3/h4-8,11,13H,9-10,12H2,1-3H3. The van der Waals surface area contributed by atoms with Crippen molar-refractivity contribution in [3.8, 4) is 11.5 Å². The molecule has 1 fully saturated rings. The molecule has 1 aromatic heterocycles. The highest BCUT2D eigenvalue weighted by molar-refractivity contribution is 5.98. The third-order valence-electron chi connectivity index (χ3n) is 4.27. The number of para-hydroxylation sites is 1. The van der Waals surface area contributed by atoms with Gasteiger partial charge in [0.25, 0.3) is 5.91 Å². The van der Waals surface area contributed by atoms with E-state index in [1.165, 1.54) is 0 Å². The molecule has 5 nitrogen and oxygen atoms in total. The molecule has 0 aliphatic heterocycles. The Hall–Kier alpha value is -2.43. The number of methoxy groups -OCH3 is 2. The molecule has 122 valence electrons. The van der Waals surface area contributed by atoms with Crippen LogP contribution in [-0.4, -0.2) is 35.6 Å². The molecule has 5 heteroatoms. The van der Waals surface area contributed by atoms with Crippen molar-refractivity contribution in [2.24, 2.45) is 7.05 Å². The summed E-state index contributed by atoms with van der Waals surface area (Å²) >= 11 is 0. The molecule has 23 heavy (non-hydrogen) atoms. The average Bonchev–Trinajstić information content (AvgIpc) is 3.34. The zero-order valence-electron chi connectivity index (χ0n) is 13.8. The summed E-state index contributed by atoms with van der Waals surface area (Å²) in [5.74, 6) is 1.06. The van der Waals surface area contributed by atoms with Gasteiger partial charge in [-0.2, -0.15) is 0 Å². The fourth-order valence-corrected chi connectivity index (χ4v) is 2.80. The monoisotopic (exact) mass is 314 g/mol. The molecule has 1 aromatic carbocycles. The van der Waals surface area contributed by atoms with E-state index in [0.29, 0.717) is 29.6 Å². The molecule has 1 amide bonds. The number of aryl methyl sites for hydroxylation is 1. The van der Waals surface area contributed by atoms with Crippen LogP contribution in [0, 0.1) is 0 Å². The smallest absolute Gasteiger partial charge is 0.258 e. The number of hydrogen-bond acceptors (Lipinski definition) is 3. The quantitative estimate of drug-likeness (QED) is 0.823. The predicted molar refractivity (Wildman–Crippen MR) is 87.9 cm³/mol. The van der Waals surface area contributed by atoms with Gasteiger partial charge in [0.05, 0.1) is 26.3 Å². The number of amides is 1. The zero-order valence-corrected chi connectivity index (χ0v) is 13.8. The van der Waals surface area contributed by atoms with Crippen molar-refractivity contribution in [1.29, 1.82) is 0 Å². The molecule has 1 aliphatic rings. The highest BCUT2D eigenvalue weighted by Gasteiger charge is 2.35. The SMILES string of the molecule is COc1cccc(C(=O)N(Cc2cccn2C)C2CC2)c1OC. The van der Waals surface area contributed by atoms with E-state index >= 15 is 0 Å². The average molecular weight is 314 g/mol. The third kappa shape index (κ3) is 3.04. The normalized spacial score (nSPS) is 13.7. The zero-order chi connectivity index (χ0) is 16.4. The summed E-state index contributed by atoms with van der Waals surface area (Å²) in [7, 11) is 5.14. The van der Waals surface area contributed by atoms with E-state index in [1.807, 2.05) is 40.9 Å². The van der Waals surface area contributed by atoms with Crippen molar-refractivity contribution in [2.75, 3.05) is 14.2 Å². The lowest BCUT2D eigenvalue weighted by Gasteiger charge is -2.24. The number of nitrogens with zero attached hydrogens (tertiary/aromatic N) is 2. The lowest BCUT2D eigenvalue weighted by molar-refractivity contribution is 0.0722. The van der Waals surface area contributed by atoms with Crippen LogP contribution in [0.4, 0.5) is 0 Å². The minimum atomic E-state index is -0.00977. The number of hydrogen-bond donors (Lipinski definition) is 0. The van der Waals surface area contributed by atoms with E-state index in [4.69, 9.17) is 9.47 Å². The fraction of sp³-hybridized carbons (Fsp3) is 0.389. The minimum Gasteiger partial charge on any atom is -0.493 e. The summed E-state index contributed by atoms with van der Waals surface area (Å²) in [5, 5.41) is 0. The largest absolute Gasteiger partial charge is 0.493 e. The summed E-state index contributed by atoms with van der Waals surface area (Å²) < 4.78 is 12.8. The summed E-state index contributed by atoms with van der Waals surface area (Å²) in [6.45, 7) is 0.605. The van der Waals surface area contributed by atoms with Crippen molar-refractivity contribution in [1.82, 2.24) is 9.47 Å². The van der Waals surface area contributed by atoms with Gasteiger partial charge in [0, 0.05) is 25.0 Å². The second kappa shape index (κ2) is 6.36. The minimum absolute atomic E-state index is 0.00977. The molecule has 3 rings (SSSR count). The first-order valence-electron chi connectivity index (χ1n) is 7.78. The topological polar surface area (TPSA) is 43.7 Å². The molecule has 1 heterocycles. The van der Waals surface area contributed by atoms with Crippen LogP contribution in [0.3, 0.4) is 0 Å². The van der Waals surface area contributed by atoms with Gasteiger partial charge in [0.1, 0.15) is 0 Å². The van der Waals surface area contributed by atoms with Gasteiger partial charge < -0.3 is 18.9 Å². The summed E-state index contributed by atoms with van der Waals surface area (Å²) in [5.41, 5.74) is 1.67. The molecule has 1 saturated carbocycles. The maximum Gasteiger partial charge on any atom is 0.258 e. The van der Waals surface area contributed by atoms with Crippen LogP contribution in [0.15, 0.2) is 36.5 Å². The second-order valence-corrected chi connectivity index (χ2v) is 5.82. The maximum absolute atomic E-state index is 13.1. The van der Waals surface area contributed by atoms with Crippen molar-refractivity contribution in [3.63, 3.8) is 0 Å². The molecule has 0 saturated heterocycles. The number of aromatic nitrogens is 1. The Kier molecular flexibility index (Phi) is 4.28. The van der Waals surface area contributed by atoms with Crippen LogP contribution in [-0.2, 0) is 13.6 Å². The summed E-state index contributed by atoms with van der Waals surface area (Å²) in [6.07, 6.45) is 4.11. The van der Waals surface area contributed by atoms with Crippen LogP contribution in [0.5, 0.6) is 11.5 Å². The van der Waals surface area contributed by atoms with Gasteiger partial charge in [-0.05, 0) is 37.1 Å². The van der Waals surface area contributed by atoms with Crippen LogP contribution < -0.4 is 9.47 Å². The van der Waals surface area contributed by atoms with Crippen LogP contribution in [0.2, 0.25) is 0 Å². The highest BCUT2D eigenvalue weighted by Crippen LogP contribution is 2.35. The lowest BCUT2D eigenvalue weighted by Crippen LogP contribution is -2.33. The van der Waals surface area contributed by atoms with Gasteiger partial charge in [0.15, 0.2) is 11.5 Å². The molecule has 0 bridgehead atoms. The molecule has 0 radical (unpaired) electrons. The van der Waals surface area contributed by atoms with E-state index in [9.17, 15) is 4.79 Å². The van der Waals surface area contributed by atoms with Crippen LogP contribution in [0.1, 0.15) is 28.9 Å². The summed E-state index contributed by atoms with van der Waals surface area (Å²) in [6, 6.07) is 9.77. The molecule has 1 aliphatic carbocycles. The van der Waals surface area contributed by atoms with Crippen molar-refractivity contribution in [2.45, 2.75) is 25.4 Å². The Labute approximate surface area is 136 Å². The molecule has 2 aromatic rings. The molecule has 0 spiro atoms. The molecule has 0 atom stereocenters. The van der Waals surface area contributed by atoms with E-state index in [-0.39, 0.29) is 5.91 Å². The molecule has 0 unspecified atom stereocenters. The maximum atomic E-state index is 13.1. The van der Waals surface area contributed by atoms with E-state index in [2.05, 4.69) is 0 Å². The van der Waals surface area contributed by atoms with E-state index in [1.54, 1.807) is 26.4 Å². The number of carbonyl (C=O) groups excluding carboxylic acids is 1. The highest BCUT2D eigenvalue weighted by atomic mass is 16.5. The Balaban J connectivity index is 1.92. The van der Waals surface area contributed by atoms with Gasteiger partial charge >= 0.3 is 0 Å². The molecular weight excluding hydrogens is 292 g/mol. The van der Waals surface area contributed by atoms with Gasteiger partial charge in [-0.3, -0.25) is 4.79 Å². The van der Waals surface area contributed by atoms with E-state index < -0.39 is 0 Å². The number of benzene rings is 1. The first-order valence-corrected chi connectivity index (χ1v) is 7.78. The Morgan fingerprint density at radius 2 is 2.00 bits per heavy atom. The van der Waals surface area contributed by atoms with Gasteiger partial charge in [-0.15, -0.1) is 0 Å². The number of ether oxygens (including phenoxy) is 2. The van der Waals surface area contributed by atoms with Crippen molar-refractivity contribution >= 4 is 5.91 Å². The third-order valence-corrected chi connectivity index (χ3v) is 4.27. The van der Waals surface area contributed by atoms with Gasteiger partial charge in [-0.1, -0.05) is 6.07 Å². The molecular formula is C18H22N2O3.